The fraction of sp³-hybridized carbons (Fsp3) is 0.651. The molecule has 2 unspecified atom stereocenters. The zero-order valence-electron chi connectivity index (χ0n) is 46.3. The quantitative estimate of drug-likeness (QED) is 0.0264. The van der Waals surface area contributed by atoms with Crippen LogP contribution in [0.25, 0.3) is 0 Å². The largest absolute Gasteiger partial charge is 0.472 e. The van der Waals surface area contributed by atoms with E-state index in [0.717, 1.165) is 122 Å². The highest BCUT2D eigenvalue weighted by molar-refractivity contribution is 7.47. The second-order valence-electron chi connectivity index (χ2n) is 18.8. The summed E-state index contributed by atoms with van der Waals surface area (Å²) in [7, 11) is -4.39. The van der Waals surface area contributed by atoms with Crippen molar-refractivity contribution < 1.29 is 37.6 Å². The third-order valence-corrected chi connectivity index (χ3v) is 12.8. The highest BCUT2D eigenvalue weighted by atomic mass is 31.2. The maximum absolute atomic E-state index is 12.7. The summed E-state index contributed by atoms with van der Waals surface area (Å²) in [6.07, 6.45) is 79.8. The summed E-state index contributed by atoms with van der Waals surface area (Å²) in [5, 5.41) is 0. The first-order chi connectivity index (χ1) is 35.8. The maximum atomic E-state index is 12.7. The second kappa shape index (κ2) is 57.7. The first kappa shape index (κ1) is 69.4. The normalized spacial score (nSPS) is 14.0. The predicted octanol–water partition coefficient (Wildman–Crippen LogP) is 18.4. The number of phosphoric ester groups is 1. The number of phosphoric acid groups is 1. The molecule has 0 bridgehead atoms. The molecule has 0 aromatic carbocycles. The highest BCUT2D eigenvalue weighted by Crippen LogP contribution is 2.43. The molecular formula is C63H106NO8P. The molecule has 0 heterocycles. The van der Waals surface area contributed by atoms with Gasteiger partial charge in [0.2, 0.25) is 0 Å². The Morgan fingerprint density at radius 3 is 1.14 bits per heavy atom. The first-order valence-electron chi connectivity index (χ1n) is 29.0. The van der Waals surface area contributed by atoms with Crippen LogP contribution in [0.5, 0.6) is 0 Å². The standard InChI is InChI=1S/C63H106NO8P/c1-3-5-7-9-11-13-15-17-18-19-20-21-22-23-24-25-26-27-28-29-30-31-32-33-34-35-36-37-38-39-40-41-42-44-46-48-50-52-54-56-63(66)72-61(60-71-73(67,68)70-58-57-64)59-69-62(65)55-53-51-49-47-45-43-16-14-12-10-8-6-4-2/h5,7,11,13-14,16-18,20-21,23-24,26-27,29-30,32-33,35-36,61H,3-4,6,8-10,12,15,19,22,25,28,31,34,37-60,64H2,1-2H3,(H,67,68)/b7-5-,13-11-,16-14-,18-17-,21-20-,24-23-,27-26-,30-29-,33-32-,36-35-. The van der Waals surface area contributed by atoms with Crippen LogP contribution in [0.2, 0.25) is 0 Å². The number of ether oxygens (including phenoxy) is 2. The van der Waals surface area contributed by atoms with Crippen LogP contribution in [0.1, 0.15) is 232 Å². The van der Waals surface area contributed by atoms with Crippen molar-refractivity contribution >= 4 is 19.8 Å². The zero-order chi connectivity index (χ0) is 53.1. The van der Waals surface area contributed by atoms with Gasteiger partial charge in [-0.1, -0.05) is 232 Å². The molecule has 0 aromatic heterocycles. The van der Waals surface area contributed by atoms with E-state index < -0.39 is 32.5 Å². The van der Waals surface area contributed by atoms with E-state index in [4.69, 9.17) is 24.3 Å². The molecule has 2 atom stereocenters. The van der Waals surface area contributed by atoms with Crippen molar-refractivity contribution in [2.24, 2.45) is 5.73 Å². The number of nitrogens with two attached hydrogens (primary N) is 1. The van der Waals surface area contributed by atoms with Crippen LogP contribution in [0.15, 0.2) is 122 Å². The molecule has 10 heteroatoms. The summed E-state index contributed by atoms with van der Waals surface area (Å²) < 4.78 is 32.9. The van der Waals surface area contributed by atoms with Crippen LogP contribution < -0.4 is 5.73 Å². The lowest BCUT2D eigenvalue weighted by Gasteiger charge is -2.19. The van der Waals surface area contributed by atoms with Crippen molar-refractivity contribution in [2.75, 3.05) is 26.4 Å². The number of allylic oxidation sites excluding steroid dienone is 20. The van der Waals surface area contributed by atoms with E-state index in [1.54, 1.807) is 0 Å². The smallest absolute Gasteiger partial charge is 0.462 e. The van der Waals surface area contributed by atoms with E-state index in [2.05, 4.69) is 135 Å². The van der Waals surface area contributed by atoms with Gasteiger partial charge < -0.3 is 20.1 Å². The van der Waals surface area contributed by atoms with Gasteiger partial charge in [0.1, 0.15) is 6.61 Å². The van der Waals surface area contributed by atoms with Gasteiger partial charge in [-0.25, -0.2) is 4.57 Å². The average Bonchev–Trinajstić information content (AvgIpc) is 3.38. The molecule has 0 spiro atoms. The number of carbonyl (C=O) groups is 2. The van der Waals surface area contributed by atoms with Crippen LogP contribution in [0, 0.1) is 0 Å². The monoisotopic (exact) mass is 1040 g/mol. The topological polar surface area (TPSA) is 134 Å². The third kappa shape index (κ3) is 57.5. The molecule has 0 rings (SSSR count). The van der Waals surface area contributed by atoms with Gasteiger partial charge in [-0.05, 0) is 109 Å². The molecule has 0 radical (unpaired) electrons. The summed E-state index contributed by atoms with van der Waals surface area (Å²) in [4.78, 5) is 35.1. The third-order valence-electron chi connectivity index (χ3n) is 11.8. The molecule has 416 valence electrons. The molecule has 0 saturated carbocycles. The molecule has 9 nitrogen and oxygen atoms in total. The van der Waals surface area contributed by atoms with Gasteiger partial charge in [0.15, 0.2) is 6.10 Å². The lowest BCUT2D eigenvalue weighted by atomic mass is 10.0. The summed E-state index contributed by atoms with van der Waals surface area (Å²) >= 11 is 0. The van der Waals surface area contributed by atoms with E-state index in [1.807, 2.05) is 0 Å². The van der Waals surface area contributed by atoms with Crippen LogP contribution in [-0.4, -0.2) is 49.3 Å². The minimum absolute atomic E-state index is 0.0472. The average molecular weight is 1040 g/mol. The van der Waals surface area contributed by atoms with Gasteiger partial charge in [0.05, 0.1) is 13.2 Å². The van der Waals surface area contributed by atoms with Gasteiger partial charge in [0, 0.05) is 19.4 Å². The molecule has 3 N–H and O–H groups in total. The van der Waals surface area contributed by atoms with Crippen LogP contribution in [0.3, 0.4) is 0 Å². The van der Waals surface area contributed by atoms with Crippen LogP contribution in [0.4, 0.5) is 0 Å². The Balaban J connectivity index is 3.94. The number of carbonyl (C=O) groups excluding carboxylic acids is 2. The van der Waals surface area contributed by atoms with E-state index in [-0.39, 0.29) is 32.6 Å². The number of unbranched alkanes of at least 4 members (excludes halogenated alkanes) is 20. The van der Waals surface area contributed by atoms with Gasteiger partial charge in [0.25, 0.3) is 0 Å². The Morgan fingerprint density at radius 2 is 0.753 bits per heavy atom. The number of hydrogen-bond acceptors (Lipinski definition) is 8. The fourth-order valence-corrected chi connectivity index (χ4v) is 8.33. The zero-order valence-corrected chi connectivity index (χ0v) is 47.2. The minimum atomic E-state index is -4.39. The molecule has 0 amide bonds. The Morgan fingerprint density at radius 1 is 0.425 bits per heavy atom. The Bertz CT molecular complexity index is 1600. The molecule has 0 aliphatic carbocycles. The molecule has 0 aromatic rings. The SMILES string of the molecule is CC/C=C\C/C=C\C/C=C\C/C=C\C/C=C\C/C=C\C/C=C\C/C=C\C/C=C\CCCCCCCCCCCCCC(=O)OC(COC(=O)CCCCCCC/C=C\CCCCCC)COP(=O)(O)OCCN. The van der Waals surface area contributed by atoms with Gasteiger partial charge in [-0.2, -0.15) is 0 Å². The molecule has 73 heavy (non-hydrogen) atoms. The molecule has 0 fully saturated rings. The lowest BCUT2D eigenvalue weighted by molar-refractivity contribution is -0.161. The Kier molecular flexibility index (Phi) is 54.8. The highest BCUT2D eigenvalue weighted by Gasteiger charge is 2.26. The van der Waals surface area contributed by atoms with Crippen molar-refractivity contribution in [3.05, 3.63) is 122 Å². The Labute approximate surface area is 447 Å². The van der Waals surface area contributed by atoms with Crippen molar-refractivity contribution in [1.82, 2.24) is 0 Å². The molecular weight excluding hydrogens is 930 g/mol. The van der Waals surface area contributed by atoms with Crippen molar-refractivity contribution in [2.45, 2.75) is 238 Å². The van der Waals surface area contributed by atoms with Gasteiger partial charge in [-0.15, -0.1) is 0 Å². The second-order valence-corrected chi connectivity index (χ2v) is 20.2. The first-order valence-corrected chi connectivity index (χ1v) is 30.5. The molecule has 0 aliphatic rings. The van der Waals surface area contributed by atoms with Crippen molar-refractivity contribution in [1.29, 1.82) is 0 Å². The van der Waals surface area contributed by atoms with Gasteiger partial charge >= 0.3 is 19.8 Å². The fourth-order valence-electron chi connectivity index (χ4n) is 7.56. The number of hydrogen-bond donors (Lipinski definition) is 2. The van der Waals surface area contributed by atoms with Crippen LogP contribution >= 0.6 is 7.82 Å². The van der Waals surface area contributed by atoms with Crippen LogP contribution in [-0.2, 0) is 32.7 Å². The van der Waals surface area contributed by atoms with E-state index in [1.165, 1.54) is 77.0 Å². The summed E-state index contributed by atoms with van der Waals surface area (Å²) in [5.74, 6) is -0.846. The maximum Gasteiger partial charge on any atom is 0.472 e. The van der Waals surface area contributed by atoms with Gasteiger partial charge in [-0.3, -0.25) is 18.6 Å². The van der Waals surface area contributed by atoms with E-state index >= 15 is 0 Å². The summed E-state index contributed by atoms with van der Waals surface area (Å²) in [6, 6.07) is 0. The minimum Gasteiger partial charge on any atom is -0.462 e. The molecule has 0 aliphatic heterocycles. The predicted molar refractivity (Wildman–Crippen MR) is 311 cm³/mol. The van der Waals surface area contributed by atoms with Crippen molar-refractivity contribution in [3.63, 3.8) is 0 Å². The Hall–Kier alpha value is -3.59. The van der Waals surface area contributed by atoms with E-state index in [9.17, 15) is 19.0 Å². The number of esters is 2. The summed E-state index contributed by atoms with van der Waals surface area (Å²) in [6.45, 7) is 3.59. The number of rotatable bonds is 53. The van der Waals surface area contributed by atoms with E-state index in [0.29, 0.717) is 6.42 Å². The summed E-state index contributed by atoms with van der Waals surface area (Å²) in [5.41, 5.74) is 5.37. The molecule has 0 saturated heterocycles. The van der Waals surface area contributed by atoms with Crippen molar-refractivity contribution in [3.8, 4) is 0 Å². The lowest BCUT2D eigenvalue weighted by Crippen LogP contribution is -2.29.